The van der Waals surface area contributed by atoms with Gasteiger partial charge in [-0.3, -0.25) is 0 Å². The van der Waals surface area contributed by atoms with Gasteiger partial charge in [0, 0.05) is 17.3 Å². The van der Waals surface area contributed by atoms with Crippen molar-refractivity contribution in [1.82, 2.24) is 10.3 Å². The maximum absolute atomic E-state index is 5.53. The molecule has 2 heterocycles. The molecule has 1 unspecified atom stereocenters. The summed E-state index contributed by atoms with van der Waals surface area (Å²) in [5.74, 6) is 1.71. The van der Waals surface area contributed by atoms with Gasteiger partial charge in [0.1, 0.15) is 5.76 Å². The molecule has 0 amide bonds. The average molecular weight is 236 g/mol. The molecular weight excluding hydrogens is 220 g/mol. The van der Waals surface area contributed by atoms with Crippen molar-refractivity contribution in [3.05, 3.63) is 40.2 Å². The number of hydrogen-bond donors (Lipinski definition) is 1. The number of aryl methyl sites for hydroxylation is 1. The SMILES string of the molecule is CCc1cnc(CNC(C)c2cccs2)o1. The Morgan fingerprint density at radius 2 is 2.44 bits per heavy atom. The van der Waals surface area contributed by atoms with Crippen LogP contribution in [0.15, 0.2) is 28.1 Å². The molecule has 0 spiro atoms. The van der Waals surface area contributed by atoms with Gasteiger partial charge in [-0.1, -0.05) is 13.0 Å². The molecule has 0 aliphatic heterocycles. The standard InChI is InChI=1S/C12H16N2OS/c1-3-10-7-14-12(15-10)8-13-9(2)11-5-4-6-16-11/h4-7,9,13H,3,8H2,1-2H3. The molecule has 1 N–H and O–H groups in total. The van der Waals surface area contributed by atoms with Crippen LogP contribution in [-0.4, -0.2) is 4.98 Å². The minimum absolute atomic E-state index is 0.344. The normalized spacial score (nSPS) is 12.9. The number of rotatable bonds is 5. The van der Waals surface area contributed by atoms with E-state index in [0.717, 1.165) is 18.1 Å². The predicted molar refractivity (Wildman–Crippen MR) is 65.5 cm³/mol. The van der Waals surface area contributed by atoms with Crippen molar-refractivity contribution in [1.29, 1.82) is 0 Å². The quantitative estimate of drug-likeness (QED) is 0.866. The molecule has 2 rings (SSSR count). The molecule has 2 aromatic rings. The van der Waals surface area contributed by atoms with Crippen LogP contribution in [0.2, 0.25) is 0 Å². The fourth-order valence-corrected chi connectivity index (χ4v) is 2.23. The van der Waals surface area contributed by atoms with E-state index in [-0.39, 0.29) is 0 Å². The lowest BCUT2D eigenvalue weighted by molar-refractivity contribution is 0.425. The highest BCUT2D eigenvalue weighted by Crippen LogP contribution is 2.18. The zero-order valence-electron chi connectivity index (χ0n) is 9.56. The molecule has 3 nitrogen and oxygen atoms in total. The summed E-state index contributed by atoms with van der Waals surface area (Å²) in [7, 11) is 0. The van der Waals surface area contributed by atoms with Crippen LogP contribution in [0.3, 0.4) is 0 Å². The second kappa shape index (κ2) is 5.27. The van der Waals surface area contributed by atoms with E-state index < -0.39 is 0 Å². The average Bonchev–Trinajstić information content (AvgIpc) is 2.96. The van der Waals surface area contributed by atoms with Crippen LogP contribution < -0.4 is 5.32 Å². The summed E-state index contributed by atoms with van der Waals surface area (Å²) in [6.07, 6.45) is 2.69. The second-order valence-corrected chi connectivity index (χ2v) is 4.67. The highest BCUT2D eigenvalue weighted by Gasteiger charge is 2.07. The Morgan fingerprint density at radius 3 is 3.06 bits per heavy atom. The summed E-state index contributed by atoms with van der Waals surface area (Å²) < 4.78 is 5.53. The van der Waals surface area contributed by atoms with E-state index in [0.29, 0.717) is 12.6 Å². The van der Waals surface area contributed by atoms with Gasteiger partial charge in [0.2, 0.25) is 5.89 Å². The molecule has 0 aliphatic rings. The predicted octanol–water partition coefficient (Wildman–Crippen LogP) is 3.15. The van der Waals surface area contributed by atoms with E-state index >= 15 is 0 Å². The van der Waals surface area contributed by atoms with Crippen LogP contribution in [0, 0.1) is 0 Å². The summed E-state index contributed by atoms with van der Waals surface area (Å²) in [6.45, 7) is 4.89. The van der Waals surface area contributed by atoms with Gasteiger partial charge >= 0.3 is 0 Å². The molecule has 86 valence electrons. The Kier molecular flexibility index (Phi) is 3.74. The summed E-state index contributed by atoms with van der Waals surface area (Å²) in [5.41, 5.74) is 0. The van der Waals surface area contributed by atoms with Crippen LogP contribution in [0.4, 0.5) is 0 Å². The van der Waals surface area contributed by atoms with Crippen molar-refractivity contribution < 1.29 is 4.42 Å². The third kappa shape index (κ3) is 2.71. The van der Waals surface area contributed by atoms with Gasteiger partial charge in [-0.05, 0) is 18.4 Å². The smallest absolute Gasteiger partial charge is 0.208 e. The Bertz CT molecular complexity index is 422. The van der Waals surface area contributed by atoms with Gasteiger partial charge in [0.25, 0.3) is 0 Å². The lowest BCUT2D eigenvalue weighted by Gasteiger charge is -2.09. The largest absolute Gasteiger partial charge is 0.444 e. The molecule has 16 heavy (non-hydrogen) atoms. The molecule has 0 saturated heterocycles. The molecule has 1 atom stereocenters. The molecule has 0 fully saturated rings. The van der Waals surface area contributed by atoms with Gasteiger partial charge in [0.15, 0.2) is 0 Å². The topological polar surface area (TPSA) is 38.1 Å². The van der Waals surface area contributed by atoms with Crippen LogP contribution >= 0.6 is 11.3 Å². The fraction of sp³-hybridized carbons (Fsp3) is 0.417. The Morgan fingerprint density at radius 1 is 1.56 bits per heavy atom. The first-order chi connectivity index (χ1) is 7.79. The van der Waals surface area contributed by atoms with Gasteiger partial charge in [-0.15, -0.1) is 11.3 Å². The molecule has 4 heteroatoms. The van der Waals surface area contributed by atoms with E-state index in [1.54, 1.807) is 17.5 Å². The Hall–Kier alpha value is -1.13. The van der Waals surface area contributed by atoms with E-state index in [1.807, 2.05) is 0 Å². The van der Waals surface area contributed by atoms with Gasteiger partial charge in [-0.25, -0.2) is 4.98 Å². The number of aromatic nitrogens is 1. The number of nitrogens with one attached hydrogen (secondary N) is 1. The van der Waals surface area contributed by atoms with Crippen molar-refractivity contribution in [3.63, 3.8) is 0 Å². The molecule has 0 aliphatic carbocycles. The first kappa shape index (κ1) is 11.4. The monoisotopic (exact) mass is 236 g/mol. The molecular formula is C12H16N2OS. The van der Waals surface area contributed by atoms with Crippen molar-refractivity contribution in [2.24, 2.45) is 0 Å². The molecule has 0 bridgehead atoms. The fourth-order valence-electron chi connectivity index (χ4n) is 1.47. The van der Waals surface area contributed by atoms with Crippen molar-refractivity contribution >= 4 is 11.3 Å². The lowest BCUT2D eigenvalue weighted by Crippen LogP contribution is -2.17. The summed E-state index contributed by atoms with van der Waals surface area (Å²) in [4.78, 5) is 5.55. The summed E-state index contributed by atoms with van der Waals surface area (Å²) >= 11 is 1.76. The van der Waals surface area contributed by atoms with Crippen molar-refractivity contribution in [2.45, 2.75) is 32.9 Å². The molecule has 0 radical (unpaired) electrons. The van der Waals surface area contributed by atoms with Crippen molar-refractivity contribution in [3.8, 4) is 0 Å². The van der Waals surface area contributed by atoms with Crippen LogP contribution in [-0.2, 0) is 13.0 Å². The third-order valence-electron chi connectivity index (χ3n) is 2.48. The molecule has 2 aromatic heterocycles. The maximum atomic E-state index is 5.53. The van der Waals surface area contributed by atoms with Crippen LogP contribution in [0.1, 0.15) is 36.4 Å². The lowest BCUT2D eigenvalue weighted by atomic mass is 10.3. The van der Waals surface area contributed by atoms with Gasteiger partial charge < -0.3 is 9.73 Å². The van der Waals surface area contributed by atoms with Gasteiger partial charge in [-0.2, -0.15) is 0 Å². The number of nitrogens with zero attached hydrogens (tertiary/aromatic N) is 1. The zero-order chi connectivity index (χ0) is 11.4. The minimum atomic E-state index is 0.344. The Balaban J connectivity index is 1.87. The van der Waals surface area contributed by atoms with E-state index in [1.165, 1.54) is 4.88 Å². The van der Waals surface area contributed by atoms with Crippen LogP contribution in [0.5, 0.6) is 0 Å². The highest BCUT2D eigenvalue weighted by atomic mass is 32.1. The first-order valence-electron chi connectivity index (χ1n) is 5.50. The second-order valence-electron chi connectivity index (χ2n) is 3.69. The van der Waals surface area contributed by atoms with Crippen molar-refractivity contribution in [2.75, 3.05) is 0 Å². The number of hydrogen-bond acceptors (Lipinski definition) is 4. The highest BCUT2D eigenvalue weighted by molar-refractivity contribution is 7.10. The Labute approximate surface area is 99.5 Å². The van der Waals surface area contributed by atoms with Gasteiger partial charge in [0.05, 0.1) is 12.7 Å². The van der Waals surface area contributed by atoms with E-state index in [4.69, 9.17) is 4.42 Å². The van der Waals surface area contributed by atoms with E-state index in [2.05, 4.69) is 41.7 Å². The zero-order valence-corrected chi connectivity index (χ0v) is 10.4. The minimum Gasteiger partial charge on any atom is -0.444 e. The summed E-state index contributed by atoms with van der Waals surface area (Å²) in [5, 5.41) is 5.48. The molecule has 0 saturated carbocycles. The third-order valence-corrected chi connectivity index (χ3v) is 3.53. The maximum Gasteiger partial charge on any atom is 0.208 e. The number of oxazole rings is 1. The first-order valence-corrected chi connectivity index (χ1v) is 6.38. The summed E-state index contributed by atoms with van der Waals surface area (Å²) in [6, 6.07) is 4.55. The molecule has 0 aromatic carbocycles. The van der Waals surface area contributed by atoms with E-state index in [9.17, 15) is 0 Å². The van der Waals surface area contributed by atoms with Crippen LogP contribution in [0.25, 0.3) is 0 Å². The number of thiophene rings is 1.